The second-order valence-corrected chi connectivity index (χ2v) is 11.9. The second kappa shape index (κ2) is 27.9. The zero-order valence-electron chi connectivity index (χ0n) is 26.5. The summed E-state index contributed by atoms with van der Waals surface area (Å²) in [6.07, 6.45) is 26.1. The van der Waals surface area contributed by atoms with Crippen molar-refractivity contribution in [2.24, 2.45) is 0 Å². The SMILES string of the molecule is CCCCCCCCCCCCCCCCCCNC(=O)N1CCCCC1CCOC(=O)NCCCN(C)C.Cl. The molecule has 238 valence electrons. The van der Waals surface area contributed by atoms with E-state index in [2.05, 4.69) is 22.5 Å². The smallest absolute Gasteiger partial charge is 0.407 e. The number of piperidine rings is 1. The van der Waals surface area contributed by atoms with Crippen molar-refractivity contribution in [3.8, 4) is 0 Å². The highest BCUT2D eigenvalue weighted by Crippen LogP contribution is 2.20. The molecular formula is C32H65ClN4O3. The molecule has 7 nitrogen and oxygen atoms in total. The Labute approximate surface area is 253 Å². The van der Waals surface area contributed by atoms with Crippen LogP contribution in [0.3, 0.4) is 0 Å². The van der Waals surface area contributed by atoms with Crippen molar-refractivity contribution < 1.29 is 14.3 Å². The highest BCUT2D eigenvalue weighted by Gasteiger charge is 2.26. The Morgan fingerprint density at radius 1 is 0.750 bits per heavy atom. The third-order valence-electron chi connectivity index (χ3n) is 7.93. The van der Waals surface area contributed by atoms with Crippen molar-refractivity contribution in [3.63, 3.8) is 0 Å². The van der Waals surface area contributed by atoms with E-state index in [1.165, 1.54) is 96.3 Å². The number of carbonyl (C=O) groups is 2. The van der Waals surface area contributed by atoms with Crippen LogP contribution in [0.2, 0.25) is 0 Å². The first-order chi connectivity index (χ1) is 19.0. The van der Waals surface area contributed by atoms with Gasteiger partial charge in [0, 0.05) is 32.1 Å². The maximum absolute atomic E-state index is 12.8. The summed E-state index contributed by atoms with van der Waals surface area (Å²) in [7, 11) is 4.04. The fourth-order valence-electron chi connectivity index (χ4n) is 5.46. The van der Waals surface area contributed by atoms with Gasteiger partial charge in [0.15, 0.2) is 0 Å². The molecule has 0 bridgehead atoms. The molecule has 1 saturated heterocycles. The molecule has 1 atom stereocenters. The third-order valence-corrected chi connectivity index (χ3v) is 7.93. The summed E-state index contributed by atoms with van der Waals surface area (Å²) in [5.74, 6) is 0. The van der Waals surface area contributed by atoms with E-state index in [1.807, 2.05) is 19.0 Å². The Hall–Kier alpha value is -1.21. The number of likely N-dealkylation sites (tertiary alicyclic amines) is 1. The first-order valence-electron chi connectivity index (χ1n) is 16.6. The summed E-state index contributed by atoms with van der Waals surface area (Å²) >= 11 is 0. The lowest BCUT2D eigenvalue weighted by atomic mass is 10.00. The number of amides is 3. The van der Waals surface area contributed by atoms with Crippen LogP contribution in [0.4, 0.5) is 9.59 Å². The maximum atomic E-state index is 12.8. The molecule has 3 amide bonds. The van der Waals surface area contributed by atoms with E-state index < -0.39 is 0 Å². The van der Waals surface area contributed by atoms with Gasteiger partial charge in [-0.25, -0.2) is 9.59 Å². The molecule has 1 fully saturated rings. The number of rotatable bonds is 24. The van der Waals surface area contributed by atoms with Crippen molar-refractivity contribution in [2.75, 3.05) is 46.9 Å². The number of halogens is 1. The van der Waals surface area contributed by atoms with Crippen LogP contribution in [0.25, 0.3) is 0 Å². The molecule has 0 aromatic carbocycles. The molecule has 0 aromatic rings. The summed E-state index contributed by atoms with van der Waals surface area (Å²) in [6, 6.07) is 0.208. The van der Waals surface area contributed by atoms with Gasteiger partial charge in [-0.05, 0) is 52.7 Å². The maximum Gasteiger partial charge on any atom is 0.407 e. The van der Waals surface area contributed by atoms with E-state index in [-0.39, 0.29) is 30.6 Å². The van der Waals surface area contributed by atoms with E-state index in [0.717, 1.165) is 51.7 Å². The Morgan fingerprint density at radius 2 is 1.27 bits per heavy atom. The molecule has 40 heavy (non-hydrogen) atoms. The summed E-state index contributed by atoms with van der Waals surface area (Å²) < 4.78 is 5.36. The van der Waals surface area contributed by atoms with Crippen LogP contribution in [-0.2, 0) is 4.74 Å². The zero-order valence-corrected chi connectivity index (χ0v) is 27.3. The van der Waals surface area contributed by atoms with E-state index in [1.54, 1.807) is 0 Å². The van der Waals surface area contributed by atoms with Gasteiger partial charge in [0.05, 0.1) is 6.61 Å². The van der Waals surface area contributed by atoms with Gasteiger partial charge >= 0.3 is 12.1 Å². The topological polar surface area (TPSA) is 73.9 Å². The second-order valence-electron chi connectivity index (χ2n) is 11.9. The average Bonchev–Trinajstić information content (AvgIpc) is 2.93. The molecule has 1 unspecified atom stereocenters. The fraction of sp³-hybridized carbons (Fsp3) is 0.938. The number of urea groups is 1. The summed E-state index contributed by atoms with van der Waals surface area (Å²) in [6.45, 7) is 5.75. The van der Waals surface area contributed by atoms with Crippen LogP contribution in [-0.4, -0.2) is 74.8 Å². The number of nitrogens with zero attached hydrogens (tertiary/aromatic N) is 2. The minimum absolute atomic E-state index is 0. The molecule has 0 aromatic heterocycles. The van der Waals surface area contributed by atoms with Gasteiger partial charge < -0.3 is 25.2 Å². The van der Waals surface area contributed by atoms with Gasteiger partial charge in [0.25, 0.3) is 0 Å². The lowest BCUT2D eigenvalue weighted by molar-refractivity contribution is 0.111. The van der Waals surface area contributed by atoms with Gasteiger partial charge in [0.2, 0.25) is 0 Å². The van der Waals surface area contributed by atoms with E-state index in [9.17, 15) is 9.59 Å². The van der Waals surface area contributed by atoms with E-state index >= 15 is 0 Å². The van der Waals surface area contributed by atoms with Crippen LogP contribution in [0, 0.1) is 0 Å². The number of nitrogens with one attached hydrogen (secondary N) is 2. The van der Waals surface area contributed by atoms with Crippen LogP contribution in [0.15, 0.2) is 0 Å². The average molecular weight is 589 g/mol. The van der Waals surface area contributed by atoms with Crippen LogP contribution >= 0.6 is 12.4 Å². The molecule has 1 aliphatic heterocycles. The number of unbranched alkanes of at least 4 members (excludes halogenated alkanes) is 15. The molecule has 1 rings (SSSR count). The molecule has 0 radical (unpaired) electrons. The molecule has 1 aliphatic rings. The largest absolute Gasteiger partial charge is 0.449 e. The molecular weight excluding hydrogens is 524 g/mol. The van der Waals surface area contributed by atoms with Crippen molar-refractivity contribution in [3.05, 3.63) is 0 Å². The number of hydrogen-bond acceptors (Lipinski definition) is 4. The molecule has 1 heterocycles. The van der Waals surface area contributed by atoms with Crippen molar-refractivity contribution in [1.29, 1.82) is 0 Å². The first kappa shape index (κ1) is 38.8. The monoisotopic (exact) mass is 588 g/mol. The van der Waals surface area contributed by atoms with Crippen molar-refractivity contribution in [2.45, 2.75) is 148 Å². The predicted molar refractivity (Wildman–Crippen MR) is 172 cm³/mol. The summed E-state index contributed by atoms with van der Waals surface area (Å²) in [5, 5.41) is 5.94. The number of alkyl carbamates (subject to hydrolysis) is 1. The Morgan fingerprint density at radius 3 is 1.82 bits per heavy atom. The summed E-state index contributed by atoms with van der Waals surface area (Å²) in [4.78, 5) is 28.7. The standard InChI is InChI=1S/C32H64N4O3.ClH/c1-4-5-6-7-8-9-10-11-12-13-14-15-16-17-18-20-25-33-31(37)36-28-21-19-23-30(36)24-29-39-32(38)34-26-22-27-35(2)3;/h30H,4-29H2,1-3H3,(H,33,37)(H,34,38);1H. The minimum atomic E-state index is -0.357. The molecule has 2 N–H and O–H groups in total. The molecule has 0 spiro atoms. The van der Waals surface area contributed by atoms with Crippen LogP contribution in [0.1, 0.15) is 142 Å². The summed E-state index contributed by atoms with van der Waals surface area (Å²) in [5.41, 5.74) is 0. The Balaban J connectivity index is 0.0000152. The lowest BCUT2D eigenvalue weighted by Gasteiger charge is -2.35. The van der Waals surface area contributed by atoms with Gasteiger partial charge in [0.1, 0.15) is 0 Å². The minimum Gasteiger partial charge on any atom is -0.449 e. The predicted octanol–water partition coefficient (Wildman–Crippen LogP) is 8.30. The molecule has 0 aliphatic carbocycles. The van der Waals surface area contributed by atoms with Gasteiger partial charge in [-0.3, -0.25) is 0 Å². The highest BCUT2D eigenvalue weighted by atomic mass is 35.5. The lowest BCUT2D eigenvalue weighted by Crippen LogP contribution is -2.49. The zero-order chi connectivity index (χ0) is 28.4. The highest BCUT2D eigenvalue weighted by molar-refractivity contribution is 5.85. The van der Waals surface area contributed by atoms with Gasteiger partial charge in [-0.15, -0.1) is 12.4 Å². The number of carbonyl (C=O) groups excluding carboxylic acids is 2. The number of ether oxygens (including phenoxy) is 1. The van der Waals surface area contributed by atoms with E-state index in [0.29, 0.717) is 19.6 Å². The fourth-order valence-corrected chi connectivity index (χ4v) is 5.46. The Kier molecular flexibility index (Phi) is 27.1. The molecule has 0 saturated carbocycles. The quantitative estimate of drug-likeness (QED) is 0.111. The van der Waals surface area contributed by atoms with Crippen LogP contribution < -0.4 is 10.6 Å². The third kappa shape index (κ3) is 22.5. The first-order valence-corrected chi connectivity index (χ1v) is 16.6. The molecule has 8 heteroatoms. The van der Waals surface area contributed by atoms with Crippen molar-refractivity contribution >= 4 is 24.5 Å². The van der Waals surface area contributed by atoms with Gasteiger partial charge in [-0.1, -0.05) is 103 Å². The Bertz CT molecular complexity index is 595. The number of hydrogen-bond donors (Lipinski definition) is 2. The normalized spacial score (nSPS) is 15.1. The van der Waals surface area contributed by atoms with Gasteiger partial charge in [-0.2, -0.15) is 0 Å². The van der Waals surface area contributed by atoms with Crippen molar-refractivity contribution in [1.82, 2.24) is 20.4 Å². The van der Waals surface area contributed by atoms with E-state index in [4.69, 9.17) is 4.74 Å². The van der Waals surface area contributed by atoms with Crippen LogP contribution in [0.5, 0.6) is 0 Å².